The van der Waals surface area contributed by atoms with Gasteiger partial charge < -0.3 is 10.1 Å². The summed E-state index contributed by atoms with van der Waals surface area (Å²) in [6, 6.07) is 8.95. The minimum atomic E-state index is -0.468. The fourth-order valence-corrected chi connectivity index (χ4v) is 2.97. The van der Waals surface area contributed by atoms with Crippen LogP contribution in [0.4, 0.5) is 4.39 Å². The van der Waals surface area contributed by atoms with Crippen LogP contribution in [-0.4, -0.2) is 5.71 Å². The van der Waals surface area contributed by atoms with E-state index >= 15 is 0 Å². The monoisotopic (exact) mass is 329 g/mol. The van der Waals surface area contributed by atoms with E-state index in [0.29, 0.717) is 17.9 Å². The Bertz CT molecular complexity index is 782. The van der Waals surface area contributed by atoms with Crippen LogP contribution in [0.25, 0.3) is 6.08 Å². The summed E-state index contributed by atoms with van der Waals surface area (Å²) in [4.78, 5) is 0. The molecule has 0 saturated heterocycles. The van der Waals surface area contributed by atoms with Crippen LogP contribution in [0.15, 0.2) is 36.4 Å². The number of halogens is 2. The fourth-order valence-electron chi connectivity index (χ4n) is 2.79. The topological polar surface area (TPSA) is 33.1 Å². The van der Waals surface area contributed by atoms with E-state index in [1.165, 1.54) is 6.07 Å². The van der Waals surface area contributed by atoms with Crippen molar-refractivity contribution in [3.63, 3.8) is 0 Å². The average Bonchev–Trinajstić information content (AvgIpc) is 2.90. The van der Waals surface area contributed by atoms with Crippen molar-refractivity contribution in [3.8, 4) is 5.75 Å². The summed E-state index contributed by atoms with van der Waals surface area (Å²) in [6.45, 7) is 3.72. The standard InChI is InChI=1S/C19H17ClFNO/c1-3-4-12-5-13(11(2)22)7-14(6-12)18-9-15-8-16(20)17(21)10-19(15)23-18/h3-8,10,18,22H,9H2,1-2H3/b4-3+,22-11?. The average molecular weight is 330 g/mol. The van der Waals surface area contributed by atoms with E-state index in [9.17, 15) is 4.39 Å². The van der Waals surface area contributed by atoms with Gasteiger partial charge in [0, 0.05) is 18.2 Å². The molecular weight excluding hydrogens is 313 g/mol. The van der Waals surface area contributed by atoms with Crippen molar-refractivity contribution in [1.29, 1.82) is 5.41 Å². The molecule has 0 radical (unpaired) electrons. The molecule has 0 saturated carbocycles. The van der Waals surface area contributed by atoms with Gasteiger partial charge in [0.15, 0.2) is 0 Å². The van der Waals surface area contributed by atoms with E-state index in [-0.39, 0.29) is 11.1 Å². The summed E-state index contributed by atoms with van der Waals surface area (Å²) >= 11 is 5.85. The Hall–Kier alpha value is -2.13. The van der Waals surface area contributed by atoms with Gasteiger partial charge >= 0.3 is 0 Å². The molecule has 2 aromatic rings. The first-order valence-corrected chi connectivity index (χ1v) is 7.83. The number of hydrogen-bond donors (Lipinski definition) is 1. The molecule has 4 heteroatoms. The predicted octanol–water partition coefficient (Wildman–Crippen LogP) is 5.58. The predicted molar refractivity (Wildman–Crippen MR) is 92.1 cm³/mol. The Kier molecular flexibility index (Phi) is 4.22. The van der Waals surface area contributed by atoms with Crippen LogP contribution in [0.3, 0.4) is 0 Å². The van der Waals surface area contributed by atoms with Crippen LogP contribution < -0.4 is 4.74 Å². The fraction of sp³-hybridized carbons (Fsp3) is 0.211. The summed E-state index contributed by atoms with van der Waals surface area (Å²) in [5.41, 5.74) is 4.28. The van der Waals surface area contributed by atoms with Gasteiger partial charge in [0.25, 0.3) is 0 Å². The maximum absolute atomic E-state index is 13.6. The van der Waals surface area contributed by atoms with Crippen LogP contribution in [0, 0.1) is 11.2 Å². The van der Waals surface area contributed by atoms with Gasteiger partial charge in [-0.1, -0.05) is 23.8 Å². The number of nitrogens with one attached hydrogen (secondary N) is 1. The quantitative estimate of drug-likeness (QED) is 0.733. The number of fused-ring (bicyclic) bond motifs is 1. The minimum absolute atomic E-state index is 0.117. The van der Waals surface area contributed by atoms with Crippen molar-refractivity contribution >= 4 is 23.4 Å². The van der Waals surface area contributed by atoms with Crippen molar-refractivity contribution in [3.05, 3.63) is 69.5 Å². The van der Waals surface area contributed by atoms with Gasteiger partial charge in [0.2, 0.25) is 0 Å². The van der Waals surface area contributed by atoms with Crippen molar-refractivity contribution < 1.29 is 9.13 Å². The zero-order valence-corrected chi connectivity index (χ0v) is 13.7. The van der Waals surface area contributed by atoms with Gasteiger partial charge in [-0.2, -0.15) is 0 Å². The zero-order chi connectivity index (χ0) is 16.6. The van der Waals surface area contributed by atoms with Crippen LogP contribution in [0.2, 0.25) is 5.02 Å². The molecule has 2 nitrogen and oxygen atoms in total. The summed E-state index contributed by atoms with van der Waals surface area (Å²) in [7, 11) is 0. The summed E-state index contributed by atoms with van der Waals surface area (Å²) in [5, 5.41) is 8.00. The largest absolute Gasteiger partial charge is 0.485 e. The SMILES string of the molecule is C/C=C/c1cc(C(C)=N)cc(C2Cc3cc(Cl)c(F)cc3O2)c1. The smallest absolute Gasteiger partial charge is 0.145 e. The van der Waals surface area contributed by atoms with E-state index in [1.807, 2.05) is 37.3 Å². The van der Waals surface area contributed by atoms with Crippen molar-refractivity contribution in [1.82, 2.24) is 0 Å². The number of ether oxygens (including phenoxy) is 1. The Balaban J connectivity index is 1.98. The third kappa shape index (κ3) is 3.15. The number of benzene rings is 2. The molecule has 0 amide bonds. The Labute approximate surface area is 140 Å². The Morgan fingerprint density at radius 2 is 2.09 bits per heavy atom. The molecule has 0 aromatic heterocycles. The molecule has 1 aliphatic rings. The van der Waals surface area contributed by atoms with Gasteiger partial charge in [-0.05, 0) is 60.4 Å². The first-order chi connectivity index (χ1) is 11.0. The molecule has 1 unspecified atom stereocenters. The molecule has 118 valence electrons. The highest BCUT2D eigenvalue weighted by Crippen LogP contribution is 2.39. The third-order valence-electron chi connectivity index (χ3n) is 3.92. The molecule has 0 aliphatic carbocycles. The number of allylic oxidation sites excluding steroid dienone is 1. The van der Waals surface area contributed by atoms with E-state index in [0.717, 1.165) is 22.3 Å². The van der Waals surface area contributed by atoms with Crippen LogP contribution in [0.1, 0.15) is 42.2 Å². The number of rotatable bonds is 3. The first-order valence-electron chi connectivity index (χ1n) is 7.45. The highest BCUT2D eigenvalue weighted by Gasteiger charge is 2.26. The first kappa shape index (κ1) is 15.8. The highest BCUT2D eigenvalue weighted by atomic mass is 35.5. The second-order valence-electron chi connectivity index (χ2n) is 5.70. The van der Waals surface area contributed by atoms with Crippen LogP contribution >= 0.6 is 11.6 Å². The maximum atomic E-state index is 13.6. The van der Waals surface area contributed by atoms with Crippen LogP contribution in [0.5, 0.6) is 5.75 Å². The molecule has 2 aromatic carbocycles. The van der Waals surface area contributed by atoms with Crippen LogP contribution in [-0.2, 0) is 6.42 Å². The third-order valence-corrected chi connectivity index (χ3v) is 4.21. The lowest BCUT2D eigenvalue weighted by atomic mass is 9.97. The normalized spacial score (nSPS) is 16.4. The van der Waals surface area contributed by atoms with Gasteiger partial charge in [-0.15, -0.1) is 0 Å². The molecule has 1 atom stereocenters. The molecule has 1 N–H and O–H groups in total. The summed E-state index contributed by atoms with van der Waals surface area (Å²) < 4.78 is 19.5. The minimum Gasteiger partial charge on any atom is -0.485 e. The summed E-state index contributed by atoms with van der Waals surface area (Å²) in [5.74, 6) is 0.0752. The lowest BCUT2D eigenvalue weighted by molar-refractivity contribution is 0.238. The van der Waals surface area contributed by atoms with Gasteiger partial charge in [0.1, 0.15) is 17.7 Å². The molecule has 0 fully saturated rings. The van der Waals surface area contributed by atoms with E-state index in [2.05, 4.69) is 0 Å². The summed E-state index contributed by atoms with van der Waals surface area (Å²) in [6.07, 6.45) is 4.41. The molecular formula is C19H17ClFNO. The maximum Gasteiger partial charge on any atom is 0.145 e. The van der Waals surface area contributed by atoms with Crippen molar-refractivity contribution in [2.45, 2.75) is 26.4 Å². The van der Waals surface area contributed by atoms with Gasteiger partial charge in [0.05, 0.1) is 5.02 Å². The molecule has 1 heterocycles. The van der Waals surface area contributed by atoms with Gasteiger partial charge in [-0.25, -0.2) is 4.39 Å². The molecule has 0 bridgehead atoms. The molecule has 1 aliphatic heterocycles. The molecule has 3 rings (SSSR count). The van der Waals surface area contributed by atoms with Gasteiger partial charge in [-0.3, -0.25) is 0 Å². The van der Waals surface area contributed by atoms with E-state index in [1.54, 1.807) is 13.0 Å². The second kappa shape index (κ2) is 6.17. The molecule has 23 heavy (non-hydrogen) atoms. The zero-order valence-electron chi connectivity index (χ0n) is 13.0. The Morgan fingerprint density at radius 3 is 2.78 bits per heavy atom. The molecule has 0 spiro atoms. The van der Waals surface area contributed by atoms with Crippen molar-refractivity contribution in [2.24, 2.45) is 0 Å². The highest BCUT2D eigenvalue weighted by molar-refractivity contribution is 6.30. The Morgan fingerprint density at radius 1 is 1.30 bits per heavy atom. The van der Waals surface area contributed by atoms with E-state index < -0.39 is 5.82 Å². The second-order valence-corrected chi connectivity index (χ2v) is 6.11. The lowest BCUT2D eigenvalue weighted by Gasteiger charge is -2.14. The number of hydrogen-bond acceptors (Lipinski definition) is 2. The van der Waals surface area contributed by atoms with E-state index in [4.69, 9.17) is 21.7 Å². The van der Waals surface area contributed by atoms with Crippen molar-refractivity contribution in [2.75, 3.05) is 0 Å². The lowest BCUT2D eigenvalue weighted by Crippen LogP contribution is -2.05.